The highest BCUT2D eigenvalue weighted by atomic mass is 32.2. The molecule has 1 unspecified atom stereocenters. The number of guanidine groups is 1. The molecule has 0 saturated carbocycles. The Kier molecular flexibility index (Phi) is 8.97. The van der Waals surface area contributed by atoms with Crippen molar-refractivity contribution in [2.24, 2.45) is 4.99 Å². The van der Waals surface area contributed by atoms with Crippen molar-refractivity contribution in [2.75, 3.05) is 52.3 Å². The predicted molar refractivity (Wildman–Crippen MR) is 109 cm³/mol. The molecule has 1 aliphatic rings. The van der Waals surface area contributed by atoms with E-state index in [1.807, 2.05) is 30.9 Å². The molecule has 1 aromatic carbocycles. The molecule has 2 rings (SSSR count). The van der Waals surface area contributed by atoms with E-state index < -0.39 is 0 Å². The average molecular weight is 365 g/mol. The predicted octanol–water partition coefficient (Wildman–Crippen LogP) is 2.75. The molecule has 1 aromatic rings. The Hall–Kier alpha value is -1.40. The van der Waals surface area contributed by atoms with Gasteiger partial charge in [0, 0.05) is 25.7 Å². The zero-order chi connectivity index (χ0) is 17.9. The van der Waals surface area contributed by atoms with E-state index >= 15 is 0 Å². The van der Waals surface area contributed by atoms with Crippen LogP contribution in [0.2, 0.25) is 0 Å². The first-order valence-electron chi connectivity index (χ1n) is 9.10. The molecule has 0 bridgehead atoms. The van der Waals surface area contributed by atoms with E-state index in [1.54, 1.807) is 7.11 Å². The molecule has 0 radical (unpaired) electrons. The number of aliphatic imine (C=N–C) groups is 1. The maximum absolute atomic E-state index is 5.61. The molecule has 0 amide bonds. The number of rotatable bonds is 9. The van der Waals surface area contributed by atoms with Gasteiger partial charge >= 0.3 is 0 Å². The summed E-state index contributed by atoms with van der Waals surface area (Å²) in [4.78, 5) is 6.91. The molecule has 0 aliphatic carbocycles. The summed E-state index contributed by atoms with van der Waals surface area (Å²) in [7, 11) is 3.58. The van der Waals surface area contributed by atoms with Crippen molar-refractivity contribution in [3.63, 3.8) is 0 Å². The second-order valence-electron chi connectivity index (χ2n) is 6.23. The summed E-state index contributed by atoms with van der Waals surface area (Å²) in [5.74, 6) is 3.01. The summed E-state index contributed by atoms with van der Waals surface area (Å²) in [6.07, 6.45) is 5.82. The van der Waals surface area contributed by atoms with Gasteiger partial charge in [-0.1, -0.05) is 18.2 Å². The zero-order valence-electron chi connectivity index (χ0n) is 15.8. The van der Waals surface area contributed by atoms with Crippen LogP contribution in [0.25, 0.3) is 0 Å². The molecule has 25 heavy (non-hydrogen) atoms. The number of thioether (sulfide) groups is 1. The third kappa shape index (κ3) is 6.12. The van der Waals surface area contributed by atoms with Crippen LogP contribution in [0.5, 0.6) is 5.75 Å². The number of benzene rings is 1. The fourth-order valence-corrected chi connectivity index (χ4v) is 3.70. The largest absolute Gasteiger partial charge is 0.496 e. The molecule has 5 nitrogen and oxygen atoms in total. The van der Waals surface area contributed by atoms with Crippen molar-refractivity contribution in [3.05, 3.63) is 29.8 Å². The van der Waals surface area contributed by atoms with E-state index in [-0.39, 0.29) is 0 Å². The van der Waals surface area contributed by atoms with Gasteiger partial charge in [-0.25, -0.2) is 0 Å². The fourth-order valence-electron chi connectivity index (χ4n) is 3.27. The van der Waals surface area contributed by atoms with Crippen LogP contribution in [0.1, 0.15) is 30.9 Å². The average Bonchev–Trinajstić information content (AvgIpc) is 3.18. The number of methoxy groups -OCH3 is 1. The smallest absolute Gasteiger partial charge is 0.191 e. The van der Waals surface area contributed by atoms with Gasteiger partial charge in [-0.15, -0.1) is 0 Å². The standard InChI is InChI=1S/C19H32N4OS/c1-20-19(21-11-8-14-25-3)22-15-17(23-12-6-7-13-23)16-9-4-5-10-18(16)24-2/h4-5,9-10,17H,6-8,11-15H2,1-3H3,(H2,20,21,22). The van der Waals surface area contributed by atoms with Gasteiger partial charge in [-0.3, -0.25) is 9.89 Å². The molecular formula is C19H32N4OS. The minimum absolute atomic E-state index is 0.295. The maximum Gasteiger partial charge on any atom is 0.191 e. The first-order valence-corrected chi connectivity index (χ1v) is 10.5. The Morgan fingerprint density at radius 2 is 2.04 bits per heavy atom. The van der Waals surface area contributed by atoms with E-state index in [4.69, 9.17) is 4.74 Å². The van der Waals surface area contributed by atoms with Gasteiger partial charge in [0.05, 0.1) is 13.2 Å². The first-order chi connectivity index (χ1) is 12.3. The van der Waals surface area contributed by atoms with E-state index in [2.05, 4.69) is 38.9 Å². The van der Waals surface area contributed by atoms with Crippen LogP contribution in [-0.2, 0) is 0 Å². The molecule has 1 fully saturated rings. The Balaban J connectivity index is 2.01. The molecule has 1 saturated heterocycles. The Labute approximate surface area is 156 Å². The lowest BCUT2D eigenvalue weighted by Crippen LogP contribution is -2.43. The highest BCUT2D eigenvalue weighted by Gasteiger charge is 2.25. The van der Waals surface area contributed by atoms with Gasteiger partial charge in [0.2, 0.25) is 0 Å². The maximum atomic E-state index is 5.61. The number of nitrogens with zero attached hydrogens (tertiary/aromatic N) is 2. The molecular weight excluding hydrogens is 332 g/mol. The summed E-state index contributed by atoms with van der Waals surface area (Å²) < 4.78 is 5.61. The molecule has 6 heteroatoms. The van der Waals surface area contributed by atoms with Gasteiger partial charge in [-0.2, -0.15) is 11.8 Å². The van der Waals surface area contributed by atoms with Crippen LogP contribution in [0.15, 0.2) is 29.3 Å². The molecule has 1 atom stereocenters. The van der Waals surface area contributed by atoms with Gasteiger partial charge in [0.15, 0.2) is 5.96 Å². The molecule has 1 heterocycles. The van der Waals surface area contributed by atoms with Gasteiger partial charge < -0.3 is 15.4 Å². The van der Waals surface area contributed by atoms with Crippen molar-refractivity contribution < 1.29 is 4.74 Å². The summed E-state index contributed by atoms with van der Waals surface area (Å²) in [5.41, 5.74) is 1.25. The second kappa shape index (κ2) is 11.3. The zero-order valence-corrected chi connectivity index (χ0v) is 16.6. The minimum Gasteiger partial charge on any atom is -0.496 e. The van der Waals surface area contributed by atoms with E-state index in [0.29, 0.717) is 6.04 Å². The Bertz CT molecular complexity index is 532. The van der Waals surface area contributed by atoms with Crippen molar-refractivity contribution in [2.45, 2.75) is 25.3 Å². The van der Waals surface area contributed by atoms with Crippen molar-refractivity contribution >= 4 is 17.7 Å². The van der Waals surface area contributed by atoms with Crippen LogP contribution in [-0.4, -0.2) is 63.2 Å². The Morgan fingerprint density at radius 3 is 2.72 bits per heavy atom. The van der Waals surface area contributed by atoms with Gasteiger partial charge in [0.25, 0.3) is 0 Å². The highest BCUT2D eigenvalue weighted by Crippen LogP contribution is 2.31. The molecule has 0 aromatic heterocycles. The number of hydrogen-bond acceptors (Lipinski definition) is 4. The monoisotopic (exact) mass is 364 g/mol. The summed E-state index contributed by atoms with van der Waals surface area (Å²) in [5, 5.41) is 6.91. The number of hydrogen-bond donors (Lipinski definition) is 2. The summed E-state index contributed by atoms with van der Waals surface area (Å²) in [6, 6.07) is 8.65. The summed E-state index contributed by atoms with van der Waals surface area (Å²) in [6.45, 7) is 4.06. The Morgan fingerprint density at radius 1 is 1.28 bits per heavy atom. The van der Waals surface area contributed by atoms with E-state index in [9.17, 15) is 0 Å². The molecule has 140 valence electrons. The third-order valence-electron chi connectivity index (χ3n) is 4.58. The second-order valence-corrected chi connectivity index (χ2v) is 7.21. The SMILES string of the molecule is CN=C(NCCCSC)NCC(c1ccccc1OC)N1CCCC1. The summed E-state index contributed by atoms with van der Waals surface area (Å²) >= 11 is 1.88. The molecule has 2 N–H and O–H groups in total. The van der Waals surface area contributed by atoms with E-state index in [0.717, 1.165) is 44.3 Å². The van der Waals surface area contributed by atoms with Crippen LogP contribution < -0.4 is 15.4 Å². The lowest BCUT2D eigenvalue weighted by Gasteiger charge is -2.30. The van der Waals surface area contributed by atoms with Gasteiger partial charge in [-0.05, 0) is 50.4 Å². The van der Waals surface area contributed by atoms with Crippen molar-refractivity contribution in [1.82, 2.24) is 15.5 Å². The molecule has 0 spiro atoms. The molecule has 1 aliphatic heterocycles. The lowest BCUT2D eigenvalue weighted by molar-refractivity contribution is 0.239. The van der Waals surface area contributed by atoms with Crippen molar-refractivity contribution in [1.29, 1.82) is 0 Å². The fraction of sp³-hybridized carbons (Fsp3) is 0.632. The number of nitrogens with one attached hydrogen (secondary N) is 2. The normalized spacial score (nSPS) is 16.7. The van der Waals surface area contributed by atoms with E-state index in [1.165, 1.54) is 24.2 Å². The van der Waals surface area contributed by atoms with Gasteiger partial charge in [0.1, 0.15) is 5.75 Å². The van der Waals surface area contributed by atoms with Crippen LogP contribution in [0, 0.1) is 0 Å². The number of para-hydroxylation sites is 1. The third-order valence-corrected chi connectivity index (χ3v) is 5.28. The van der Waals surface area contributed by atoms with Crippen molar-refractivity contribution in [3.8, 4) is 5.75 Å². The number of ether oxygens (including phenoxy) is 1. The van der Waals surface area contributed by atoms with Crippen LogP contribution >= 0.6 is 11.8 Å². The first kappa shape index (κ1) is 19.9. The topological polar surface area (TPSA) is 48.9 Å². The van der Waals surface area contributed by atoms with Crippen LogP contribution in [0.4, 0.5) is 0 Å². The lowest BCUT2D eigenvalue weighted by atomic mass is 10.0. The highest BCUT2D eigenvalue weighted by molar-refractivity contribution is 7.98. The minimum atomic E-state index is 0.295. The quantitative estimate of drug-likeness (QED) is 0.401. The van der Waals surface area contributed by atoms with Crippen LogP contribution in [0.3, 0.4) is 0 Å². The number of likely N-dealkylation sites (tertiary alicyclic amines) is 1.